The number of rotatable bonds is 1. The predicted octanol–water partition coefficient (Wildman–Crippen LogP) is 3.72. The topological polar surface area (TPSA) is 33.1 Å². The molecule has 0 saturated carbocycles. The van der Waals surface area contributed by atoms with Gasteiger partial charge in [-0.1, -0.05) is 37.6 Å². The van der Waals surface area contributed by atoms with Gasteiger partial charge in [0.1, 0.15) is 10.9 Å². The molecule has 15 heavy (non-hydrogen) atoms. The van der Waals surface area contributed by atoms with E-state index in [-0.39, 0.29) is 5.75 Å². The van der Waals surface area contributed by atoms with E-state index in [1.165, 1.54) is 0 Å². The number of phenols is 1. The third kappa shape index (κ3) is 1.65. The minimum absolute atomic E-state index is 0.264. The van der Waals surface area contributed by atoms with Gasteiger partial charge < -0.3 is 5.11 Å². The fourth-order valence-corrected chi connectivity index (χ4v) is 1.92. The van der Waals surface area contributed by atoms with Crippen molar-refractivity contribution in [3.05, 3.63) is 35.1 Å². The van der Waals surface area contributed by atoms with Crippen LogP contribution in [0.5, 0.6) is 5.75 Å². The molecule has 0 spiro atoms. The highest BCUT2D eigenvalue weighted by atomic mass is 35.5. The summed E-state index contributed by atoms with van der Waals surface area (Å²) in [4.78, 5) is 4.12. The lowest BCUT2D eigenvalue weighted by Crippen LogP contribution is -1.92. The molecule has 3 heteroatoms. The van der Waals surface area contributed by atoms with Crippen molar-refractivity contribution in [3.63, 3.8) is 0 Å². The number of hydrogen-bond donors (Lipinski definition) is 1. The Bertz CT molecular complexity index is 508. The molecule has 2 aromatic rings. The number of benzene rings is 1. The molecule has 1 aromatic heterocycles. The van der Waals surface area contributed by atoms with Gasteiger partial charge in [0.05, 0.1) is 0 Å². The Morgan fingerprint density at radius 1 is 1.33 bits per heavy atom. The van der Waals surface area contributed by atoms with Gasteiger partial charge in [-0.05, 0) is 17.5 Å². The van der Waals surface area contributed by atoms with Crippen LogP contribution in [0.15, 0.2) is 24.4 Å². The van der Waals surface area contributed by atoms with Crippen LogP contribution >= 0.6 is 11.6 Å². The molecule has 0 bridgehead atoms. The summed E-state index contributed by atoms with van der Waals surface area (Å²) in [5, 5.41) is 11.9. The van der Waals surface area contributed by atoms with Crippen LogP contribution in [0.4, 0.5) is 0 Å². The summed E-state index contributed by atoms with van der Waals surface area (Å²) in [6.07, 6.45) is 1.73. The fraction of sp³-hybridized carbons (Fsp3) is 0.250. The van der Waals surface area contributed by atoms with E-state index in [2.05, 4.69) is 18.8 Å². The number of fused-ring (bicyclic) bond motifs is 1. The number of phenolic OH excluding ortho intramolecular Hbond substituents is 1. The van der Waals surface area contributed by atoms with Crippen molar-refractivity contribution < 1.29 is 5.11 Å². The smallest absolute Gasteiger partial charge is 0.136 e. The monoisotopic (exact) mass is 221 g/mol. The van der Waals surface area contributed by atoms with Gasteiger partial charge in [-0.2, -0.15) is 0 Å². The molecule has 0 atom stereocenters. The van der Waals surface area contributed by atoms with Crippen molar-refractivity contribution in [2.75, 3.05) is 0 Å². The summed E-state index contributed by atoms with van der Waals surface area (Å²) in [5.74, 6) is 0.575. The first-order valence-corrected chi connectivity index (χ1v) is 5.25. The Balaban J connectivity index is 2.90. The van der Waals surface area contributed by atoms with Gasteiger partial charge in [0.2, 0.25) is 0 Å². The van der Waals surface area contributed by atoms with Crippen LogP contribution in [0.1, 0.15) is 25.3 Å². The molecular formula is C12H12ClNO. The van der Waals surface area contributed by atoms with Crippen LogP contribution in [0, 0.1) is 0 Å². The SMILES string of the molecule is CC(C)c1cnc(Cl)c2cccc(O)c12. The highest BCUT2D eigenvalue weighted by Gasteiger charge is 2.11. The van der Waals surface area contributed by atoms with Crippen LogP contribution in [0.2, 0.25) is 5.15 Å². The van der Waals surface area contributed by atoms with Crippen LogP contribution in [-0.2, 0) is 0 Å². The molecule has 2 rings (SSSR count). The molecule has 0 amide bonds. The zero-order valence-corrected chi connectivity index (χ0v) is 9.42. The summed E-state index contributed by atoms with van der Waals surface area (Å²) in [7, 11) is 0. The molecule has 0 aliphatic rings. The Labute approximate surface area is 93.5 Å². The molecule has 2 nitrogen and oxygen atoms in total. The Morgan fingerprint density at radius 3 is 2.73 bits per heavy atom. The minimum atomic E-state index is 0.264. The van der Waals surface area contributed by atoms with E-state index < -0.39 is 0 Å². The number of pyridine rings is 1. The molecule has 0 aliphatic carbocycles. The summed E-state index contributed by atoms with van der Waals surface area (Å²) in [5.41, 5.74) is 1.02. The first-order valence-electron chi connectivity index (χ1n) is 4.87. The summed E-state index contributed by atoms with van der Waals surface area (Å²) < 4.78 is 0. The lowest BCUT2D eigenvalue weighted by Gasteiger charge is -2.11. The second-order valence-corrected chi connectivity index (χ2v) is 4.22. The van der Waals surface area contributed by atoms with Crippen molar-refractivity contribution in [1.29, 1.82) is 0 Å². The fourth-order valence-electron chi connectivity index (χ4n) is 1.71. The third-order valence-electron chi connectivity index (χ3n) is 2.49. The normalized spacial score (nSPS) is 11.2. The van der Waals surface area contributed by atoms with E-state index in [0.29, 0.717) is 11.1 Å². The number of aromatic hydroxyl groups is 1. The molecule has 78 valence electrons. The van der Waals surface area contributed by atoms with Crippen molar-refractivity contribution in [2.45, 2.75) is 19.8 Å². The van der Waals surface area contributed by atoms with E-state index in [0.717, 1.165) is 16.3 Å². The van der Waals surface area contributed by atoms with Gasteiger partial charge in [0.15, 0.2) is 0 Å². The zero-order chi connectivity index (χ0) is 11.0. The van der Waals surface area contributed by atoms with Crippen LogP contribution in [0.25, 0.3) is 10.8 Å². The summed E-state index contributed by atoms with van der Waals surface area (Å²) in [6.45, 7) is 4.13. The first kappa shape index (κ1) is 10.2. The highest BCUT2D eigenvalue weighted by molar-refractivity contribution is 6.34. The molecule has 0 fully saturated rings. The maximum atomic E-state index is 9.84. The van der Waals surface area contributed by atoms with E-state index in [1.54, 1.807) is 18.3 Å². The van der Waals surface area contributed by atoms with Crippen molar-refractivity contribution in [1.82, 2.24) is 4.98 Å². The van der Waals surface area contributed by atoms with Crippen molar-refractivity contribution >= 4 is 22.4 Å². The van der Waals surface area contributed by atoms with E-state index in [1.807, 2.05) is 6.07 Å². The molecule has 0 saturated heterocycles. The second kappa shape index (κ2) is 3.70. The maximum absolute atomic E-state index is 9.84. The highest BCUT2D eigenvalue weighted by Crippen LogP contribution is 2.34. The van der Waals surface area contributed by atoms with Crippen molar-refractivity contribution in [2.24, 2.45) is 0 Å². The maximum Gasteiger partial charge on any atom is 0.136 e. The van der Waals surface area contributed by atoms with Gasteiger partial charge in [-0.3, -0.25) is 0 Å². The van der Waals surface area contributed by atoms with Crippen LogP contribution in [-0.4, -0.2) is 10.1 Å². The zero-order valence-electron chi connectivity index (χ0n) is 8.66. The number of aromatic nitrogens is 1. The quantitative estimate of drug-likeness (QED) is 0.745. The second-order valence-electron chi connectivity index (χ2n) is 3.86. The lowest BCUT2D eigenvalue weighted by atomic mass is 9.98. The van der Waals surface area contributed by atoms with Crippen LogP contribution < -0.4 is 0 Å². The van der Waals surface area contributed by atoms with E-state index >= 15 is 0 Å². The third-order valence-corrected chi connectivity index (χ3v) is 2.79. The average molecular weight is 222 g/mol. The van der Waals surface area contributed by atoms with E-state index in [9.17, 15) is 5.11 Å². The molecule has 1 aromatic carbocycles. The molecule has 0 unspecified atom stereocenters. The van der Waals surface area contributed by atoms with Gasteiger partial charge in [-0.25, -0.2) is 4.98 Å². The standard InChI is InChI=1S/C12H12ClNO/c1-7(2)9-6-14-12(13)8-4-3-5-10(15)11(8)9/h3-7,15H,1-2H3. The molecule has 0 aliphatic heterocycles. The Hall–Kier alpha value is -1.28. The number of halogens is 1. The van der Waals surface area contributed by atoms with Gasteiger partial charge >= 0.3 is 0 Å². The Morgan fingerprint density at radius 2 is 2.07 bits per heavy atom. The van der Waals surface area contributed by atoms with Gasteiger partial charge in [0.25, 0.3) is 0 Å². The first-order chi connectivity index (χ1) is 7.11. The van der Waals surface area contributed by atoms with Gasteiger partial charge in [0, 0.05) is 17.0 Å². The summed E-state index contributed by atoms with van der Waals surface area (Å²) >= 11 is 5.98. The average Bonchev–Trinajstić information content (AvgIpc) is 2.19. The summed E-state index contributed by atoms with van der Waals surface area (Å²) in [6, 6.07) is 5.32. The number of hydrogen-bond acceptors (Lipinski definition) is 2. The van der Waals surface area contributed by atoms with E-state index in [4.69, 9.17) is 11.6 Å². The van der Waals surface area contributed by atoms with Crippen LogP contribution in [0.3, 0.4) is 0 Å². The largest absolute Gasteiger partial charge is 0.507 e. The predicted molar refractivity (Wildman–Crippen MR) is 62.5 cm³/mol. The van der Waals surface area contributed by atoms with Crippen molar-refractivity contribution in [3.8, 4) is 5.75 Å². The lowest BCUT2D eigenvalue weighted by molar-refractivity contribution is 0.481. The molecule has 1 N–H and O–H groups in total. The molecular weight excluding hydrogens is 210 g/mol. The molecule has 0 radical (unpaired) electrons. The van der Waals surface area contributed by atoms with Gasteiger partial charge in [-0.15, -0.1) is 0 Å². The Kier molecular flexibility index (Phi) is 2.53. The minimum Gasteiger partial charge on any atom is -0.507 e. The molecule has 1 heterocycles. The number of nitrogens with zero attached hydrogens (tertiary/aromatic N) is 1.